The molecule has 1 saturated heterocycles. The highest BCUT2D eigenvalue weighted by molar-refractivity contribution is 5.76. The lowest BCUT2D eigenvalue weighted by molar-refractivity contribution is -0.302. The fraction of sp³-hybridized carbons (Fsp3) is 0.857. The fourth-order valence-electron chi connectivity index (χ4n) is 5.33. The highest BCUT2D eigenvalue weighted by atomic mass is 16.7. The molecule has 7 atom stereocenters. The van der Waals surface area contributed by atoms with Crippen molar-refractivity contribution in [2.75, 3.05) is 13.2 Å². The van der Waals surface area contributed by atoms with Crippen molar-refractivity contribution in [3.63, 3.8) is 0 Å². The second kappa shape index (κ2) is 26.8. The first-order valence-electron chi connectivity index (χ1n) is 17.6. The summed E-state index contributed by atoms with van der Waals surface area (Å²) in [6, 6.07) is -0.812. The van der Waals surface area contributed by atoms with E-state index in [1.807, 2.05) is 6.08 Å². The summed E-state index contributed by atoms with van der Waals surface area (Å²) in [6.45, 7) is 3.67. The van der Waals surface area contributed by atoms with Crippen molar-refractivity contribution in [3.05, 3.63) is 24.3 Å². The quantitative estimate of drug-likeness (QED) is 0.0537. The first kappa shape index (κ1) is 40.7. The van der Waals surface area contributed by atoms with Crippen molar-refractivity contribution < 1.29 is 39.8 Å². The van der Waals surface area contributed by atoms with Crippen LogP contribution in [0.5, 0.6) is 0 Å². The van der Waals surface area contributed by atoms with Crippen LogP contribution in [-0.4, -0.2) is 87.5 Å². The predicted octanol–water partition coefficient (Wildman–Crippen LogP) is 5.21. The van der Waals surface area contributed by atoms with E-state index in [2.05, 4.69) is 31.3 Å². The van der Waals surface area contributed by atoms with Crippen molar-refractivity contribution in [1.29, 1.82) is 0 Å². The first-order valence-corrected chi connectivity index (χ1v) is 17.6. The maximum atomic E-state index is 12.7. The van der Waals surface area contributed by atoms with Gasteiger partial charge in [0.15, 0.2) is 6.29 Å². The molecular formula is C35H65NO8. The molecule has 0 aromatic rings. The van der Waals surface area contributed by atoms with Gasteiger partial charge in [-0.2, -0.15) is 0 Å². The van der Waals surface area contributed by atoms with E-state index in [9.17, 15) is 30.3 Å². The molecule has 1 amide bonds. The van der Waals surface area contributed by atoms with Crippen molar-refractivity contribution in [2.45, 2.75) is 179 Å². The number of hydrogen-bond acceptors (Lipinski definition) is 8. The molecule has 1 aliphatic heterocycles. The topological polar surface area (TPSA) is 149 Å². The molecule has 44 heavy (non-hydrogen) atoms. The Morgan fingerprint density at radius 2 is 1.27 bits per heavy atom. The highest BCUT2D eigenvalue weighted by Gasteiger charge is 2.44. The van der Waals surface area contributed by atoms with Crippen LogP contribution in [0, 0.1) is 0 Å². The van der Waals surface area contributed by atoms with E-state index >= 15 is 0 Å². The van der Waals surface area contributed by atoms with Gasteiger partial charge in [-0.1, -0.05) is 115 Å². The number of unbranched alkanes of at least 4 members (excludes halogenated alkanes) is 15. The zero-order chi connectivity index (χ0) is 32.4. The van der Waals surface area contributed by atoms with Gasteiger partial charge in [0.1, 0.15) is 24.4 Å². The number of allylic oxidation sites excluding steroid dienone is 3. The summed E-state index contributed by atoms with van der Waals surface area (Å²) < 4.78 is 11.1. The van der Waals surface area contributed by atoms with Crippen molar-refractivity contribution >= 4 is 5.91 Å². The van der Waals surface area contributed by atoms with E-state index in [4.69, 9.17) is 9.47 Å². The van der Waals surface area contributed by atoms with E-state index in [-0.39, 0.29) is 12.5 Å². The lowest BCUT2D eigenvalue weighted by atomic mass is 9.99. The van der Waals surface area contributed by atoms with E-state index in [0.717, 1.165) is 32.1 Å². The Morgan fingerprint density at radius 1 is 0.750 bits per heavy atom. The number of nitrogens with one attached hydrogen (secondary N) is 1. The Morgan fingerprint density at radius 3 is 1.86 bits per heavy atom. The Balaban J connectivity index is 2.54. The number of aliphatic hydroxyl groups excluding tert-OH is 5. The molecule has 7 unspecified atom stereocenters. The number of amides is 1. The van der Waals surface area contributed by atoms with Gasteiger partial charge >= 0.3 is 0 Å². The van der Waals surface area contributed by atoms with Gasteiger partial charge in [0.25, 0.3) is 0 Å². The van der Waals surface area contributed by atoms with Gasteiger partial charge < -0.3 is 40.3 Å². The molecule has 0 aliphatic carbocycles. The molecule has 0 aromatic carbocycles. The van der Waals surface area contributed by atoms with Gasteiger partial charge in [0.2, 0.25) is 5.91 Å². The van der Waals surface area contributed by atoms with Gasteiger partial charge in [0, 0.05) is 6.42 Å². The molecule has 9 heteroatoms. The minimum absolute atomic E-state index is 0.199. The van der Waals surface area contributed by atoms with Crippen LogP contribution in [0.1, 0.15) is 136 Å². The zero-order valence-corrected chi connectivity index (χ0v) is 27.7. The number of rotatable bonds is 27. The first-order chi connectivity index (χ1) is 21.3. The molecule has 1 rings (SSSR count). The number of aliphatic hydroxyl groups is 5. The molecule has 0 bridgehead atoms. The molecule has 258 valence electrons. The van der Waals surface area contributed by atoms with Gasteiger partial charge in [-0.25, -0.2) is 0 Å². The average molecular weight is 628 g/mol. The maximum Gasteiger partial charge on any atom is 0.220 e. The minimum atomic E-state index is -1.57. The average Bonchev–Trinajstić information content (AvgIpc) is 3.02. The SMILES string of the molecule is CCCCCC/C=C\CCCC(=O)NC(COC1OC(CO)C(O)C(O)C1O)C(O)/C=C/CCCCCCCCCCCC. The molecule has 1 fully saturated rings. The summed E-state index contributed by atoms with van der Waals surface area (Å²) >= 11 is 0. The smallest absolute Gasteiger partial charge is 0.220 e. The third-order valence-corrected chi connectivity index (χ3v) is 8.27. The normalized spacial score (nSPS) is 23.8. The number of hydrogen-bond donors (Lipinski definition) is 6. The summed E-state index contributed by atoms with van der Waals surface area (Å²) in [7, 11) is 0. The minimum Gasteiger partial charge on any atom is -0.394 e. The molecule has 6 N–H and O–H groups in total. The van der Waals surface area contributed by atoms with Crippen LogP contribution in [0.3, 0.4) is 0 Å². The van der Waals surface area contributed by atoms with Crippen LogP contribution in [-0.2, 0) is 14.3 Å². The summed E-state index contributed by atoms with van der Waals surface area (Å²) in [5.74, 6) is -0.217. The largest absolute Gasteiger partial charge is 0.394 e. The second-order valence-electron chi connectivity index (χ2n) is 12.3. The summed E-state index contributed by atoms with van der Waals surface area (Å²) in [5, 5.41) is 53.6. The Bertz CT molecular complexity index is 746. The molecule has 0 spiro atoms. The predicted molar refractivity (Wildman–Crippen MR) is 175 cm³/mol. The van der Waals surface area contributed by atoms with Crippen molar-refractivity contribution in [2.24, 2.45) is 0 Å². The van der Waals surface area contributed by atoms with E-state index in [0.29, 0.717) is 12.8 Å². The highest BCUT2D eigenvalue weighted by Crippen LogP contribution is 2.22. The summed E-state index contributed by atoms with van der Waals surface area (Å²) in [5.41, 5.74) is 0. The van der Waals surface area contributed by atoms with Crippen molar-refractivity contribution in [3.8, 4) is 0 Å². The van der Waals surface area contributed by atoms with Gasteiger partial charge in [-0.3, -0.25) is 4.79 Å². The van der Waals surface area contributed by atoms with E-state index < -0.39 is 49.5 Å². The monoisotopic (exact) mass is 627 g/mol. The van der Waals surface area contributed by atoms with Crippen LogP contribution >= 0.6 is 0 Å². The van der Waals surface area contributed by atoms with E-state index in [1.54, 1.807) is 6.08 Å². The molecular weight excluding hydrogens is 562 g/mol. The standard InChI is InChI=1S/C35H65NO8/c1-3-5-7-9-11-13-14-15-17-18-20-22-24-29(38)28(27-43-35-34(42)33(41)32(40)30(26-37)44-35)36-31(39)25-23-21-19-16-12-10-8-6-4-2/h16,19,22,24,28-30,32-35,37-38,40-42H,3-15,17-18,20-21,23,25-27H2,1-2H3,(H,36,39)/b19-16-,24-22+. The Kier molecular flexibility index (Phi) is 24.8. The van der Waals surface area contributed by atoms with Crippen LogP contribution in [0.25, 0.3) is 0 Å². The Hall–Kier alpha value is -1.33. The van der Waals surface area contributed by atoms with Gasteiger partial charge in [0.05, 0.1) is 25.4 Å². The lowest BCUT2D eigenvalue weighted by Gasteiger charge is -2.40. The summed E-state index contributed by atoms with van der Waals surface area (Å²) in [4.78, 5) is 12.7. The third-order valence-electron chi connectivity index (χ3n) is 8.27. The molecule has 9 nitrogen and oxygen atoms in total. The van der Waals surface area contributed by atoms with Gasteiger partial charge in [-0.15, -0.1) is 0 Å². The molecule has 0 saturated carbocycles. The third kappa shape index (κ3) is 18.6. The fourth-order valence-corrected chi connectivity index (χ4v) is 5.33. The lowest BCUT2D eigenvalue weighted by Crippen LogP contribution is -2.60. The number of ether oxygens (including phenoxy) is 2. The molecule has 1 heterocycles. The molecule has 0 aromatic heterocycles. The molecule has 0 radical (unpaired) electrons. The maximum absolute atomic E-state index is 12.7. The van der Waals surface area contributed by atoms with Crippen LogP contribution in [0.4, 0.5) is 0 Å². The molecule has 1 aliphatic rings. The van der Waals surface area contributed by atoms with Crippen LogP contribution < -0.4 is 5.32 Å². The number of carbonyl (C=O) groups excluding carboxylic acids is 1. The second-order valence-corrected chi connectivity index (χ2v) is 12.3. The van der Waals surface area contributed by atoms with Crippen LogP contribution in [0.15, 0.2) is 24.3 Å². The Labute approximate surface area is 267 Å². The van der Waals surface area contributed by atoms with E-state index in [1.165, 1.54) is 77.0 Å². The van der Waals surface area contributed by atoms with Crippen molar-refractivity contribution in [1.82, 2.24) is 5.32 Å². The van der Waals surface area contributed by atoms with Gasteiger partial charge in [-0.05, 0) is 38.5 Å². The van der Waals surface area contributed by atoms with Crippen LogP contribution in [0.2, 0.25) is 0 Å². The summed E-state index contributed by atoms with van der Waals surface area (Å²) in [6.07, 6.45) is 20.9. The zero-order valence-electron chi connectivity index (χ0n) is 27.7. The number of carbonyl (C=O) groups is 1.